The molecule has 2 amide bonds. The molecule has 1 aromatic carbocycles. The molecule has 1 aromatic heterocycles. The molecular weight excluding hydrogens is 302 g/mol. The lowest BCUT2D eigenvalue weighted by Crippen LogP contribution is -2.20. The van der Waals surface area contributed by atoms with Gasteiger partial charge in [0.15, 0.2) is 0 Å². The van der Waals surface area contributed by atoms with Crippen molar-refractivity contribution in [3.05, 3.63) is 53.3 Å². The van der Waals surface area contributed by atoms with Crippen LogP contribution in [-0.2, 0) is 4.79 Å². The van der Waals surface area contributed by atoms with Crippen LogP contribution in [0.3, 0.4) is 0 Å². The van der Waals surface area contributed by atoms with Gasteiger partial charge in [0.2, 0.25) is 5.91 Å². The van der Waals surface area contributed by atoms with Crippen LogP contribution in [0.4, 0.5) is 5.69 Å². The second-order valence-electron chi connectivity index (χ2n) is 5.01. The highest BCUT2D eigenvalue weighted by Gasteiger charge is 2.13. The maximum Gasteiger partial charge on any atom is 0.252 e. The molecule has 6 heteroatoms. The number of benzene rings is 1. The molecule has 2 aromatic rings. The number of rotatable bonds is 5. The molecule has 1 heterocycles. The molecule has 0 fully saturated rings. The molecule has 0 aliphatic carbocycles. The van der Waals surface area contributed by atoms with Crippen molar-refractivity contribution in [3.63, 3.8) is 0 Å². The predicted octanol–water partition coefficient (Wildman–Crippen LogP) is 3.09. The highest BCUT2D eigenvalue weighted by molar-refractivity contribution is 6.34. The number of amides is 2. The van der Waals surface area contributed by atoms with Gasteiger partial charge in [0.1, 0.15) is 0 Å². The van der Waals surface area contributed by atoms with Crippen LogP contribution in [0.1, 0.15) is 29.7 Å². The second-order valence-corrected chi connectivity index (χ2v) is 5.41. The molecule has 0 aliphatic rings. The van der Waals surface area contributed by atoms with Crippen LogP contribution < -0.4 is 10.6 Å². The Bertz CT molecular complexity index is 668. The summed E-state index contributed by atoms with van der Waals surface area (Å²) in [7, 11) is 1.53. The molecule has 0 aliphatic heterocycles. The number of carbonyl (C=O) groups excluding carboxylic acids is 2. The Hall–Kier alpha value is -2.27. The van der Waals surface area contributed by atoms with Gasteiger partial charge in [-0.1, -0.05) is 11.6 Å². The van der Waals surface area contributed by atoms with Gasteiger partial charge in [0, 0.05) is 37.6 Å². The van der Waals surface area contributed by atoms with E-state index >= 15 is 0 Å². The van der Waals surface area contributed by atoms with E-state index in [0.717, 1.165) is 0 Å². The Kier molecular flexibility index (Phi) is 5.22. The van der Waals surface area contributed by atoms with Crippen molar-refractivity contribution in [1.29, 1.82) is 0 Å². The molecule has 2 rings (SSSR count). The fourth-order valence-electron chi connectivity index (χ4n) is 2.14. The third-order valence-electron chi connectivity index (χ3n) is 3.34. The van der Waals surface area contributed by atoms with E-state index in [4.69, 9.17) is 11.6 Å². The van der Waals surface area contributed by atoms with E-state index in [-0.39, 0.29) is 17.9 Å². The van der Waals surface area contributed by atoms with Crippen molar-refractivity contribution in [2.45, 2.75) is 19.4 Å². The van der Waals surface area contributed by atoms with Crippen molar-refractivity contribution in [3.8, 4) is 0 Å². The van der Waals surface area contributed by atoms with Crippen LogP contribution in [-0.4, -0.2) is 23.4 Å². The zero-order chi connectivity index (χ0) is 16.1. The van der Waals surface area contributed by atoms with E-state index in [1.165, 1.54) is 7.05 Å². The standard InChI is InChI=1S/C16H18ClN3O2/c1-11(20-7-3-4-8-20)9-15(21)19-12-5-6-14(17)13(10-12)16(22)18-2/h3-8,10-11H,9H2,1-2H3,(H,18,22)(H,19,21)/t11-/m0/s1. The summed E-state index contributed by atoms with van der Waals surface area (Å²) in [6.45, 7) is 1.97. The summed E-state index contributed by atoms with van der Waals surface area (Å²) in [5.41, 5.74) is 0.883. The Labute approximate surface area is 134 Å². The second kappa shape index (κ2) is 7.13. The smallest absolute Gasteiger partial charge is 0.252 e. The maximum absolute atomic E-state index is 12.1. The molecule has 5 nitrogen and oxygen atoms in total. The van der Waals surface area contributed by atoms with E-state index < -0.39 is 0 Å². The van der Waals surface area contributed by atoms with Crippen molar-refractivity contribution >= 4 is 29.1 Å². The molecule has 2 N–H and O–H groups in total. The lowest BCUT2D eigenvalue weighted by molar-refractivity contribution is -0.116. The maximum atomic E-state index is 12.1. The third kappa shape index (κ3) is 3.89. The SMILES string of the molecule is CNC(=O)c1cc(NC(=O)C[C@H](C)n2cccc2)ccc1Cl. The van der Waals surface area contributed by atoms with Gasteiger partial charge < -0.3 is 15.2 Å². The number of hydrogen-bond donors (Lipinski definition) is 2. The summed E-state index contributed by atoms with van der Waals surface area (Å²) in [6, 6.07) is 8.73. The van der Waals surface area contributed by atoms with Crippen LogP contribution >= 0.6 is 11.6 Å². The Morgan fingerprint density at radius 3 is 2.59 bits per heavy atom. The van der Waals surface area contributed by atoms with Crippen molar-refractivity contribution < 1.29 is 9.59 Å². The van der Waals surface area contributed by atoms with Crippen molar-refractivity contribution in [1.82, 2.24) is 9.88 Å². The number of halogens is 1. The van der Waals surface area contributed by atoms with Gasteiger partial charge in [0.05, 0.1) is 10.6 Å². The van der Waals surface area contributed by atoms with Gasteiger partial charge in [-0.25, -0.2) is 0 Å². The monoisotopic (exact) mass is 319 g/mol. The first-order valence-electron chi connectivity index (χ1n) is 6.95. The predicted molar refractivity (Wildman–Crippen MR) is 87.2 cm³/mol. The minimum absolute atomic E-state index is 0.0562. The molecule has 0 bridgehead atoms. The number of nitrogens with one attached hydrogen (secondary N) is 2. The van der Waals surface area contributed by atoms with Crippen molar-refractivity contribution in [2.24, 2.45) is 0 Å². The molecule has 0 saturated carbocycles. The number of nitrogens with zero attached hydrogens (tertiary/aromatic N) is 1. The first-order chi connectivity index (χ1) is 10.5. The normalized spacial score (nSPS) is 11.8. The number of carbonyl (C=O) groups is 2. The van der Waals surface area contributed by atoms with Gasteiger partial charge in [-0.3, -0.25) is 9.59 Å². The quantitative estimate of drug-likeness (QED) is 0.889. The average Bonchev–Trinajstić information content (AvgIpc) is 3.02. The summed E-state index contributed by atoms with van der Waals surface area (Å²) >= 11 is 5.98. The van der Waals surface area contributed by atoms with Gasteiger partial charge in [0.25, 0.3) is 5.91 Å². The topological polar surface area (TPSA) is 63.1 Å². The average molecular weight is 320 g/mol. The molecule has 0 saturated heterocycles. The van der Waals surface area contributed by atoms with Crippen molar-refractivity contribution in [2.75, 3.05) is 12.4 Å². The third-order valence-corrected chi connectivity index (χ3v) is 3.67. The van der Waals surface area contributed by atoms with Crippen LogP contribution in [0, 0.1) is 0 Å². The van der Waals surface area contributed by atoms with Crippen LogP contribution in [0.2, 0.25) is 5.02 Å². The van der Waals surface area contributed by atoms with E-state index in [2.05, 4.69) is 10.6 Å². The van der Waals surface area contributed by atoms with Gasteiger partial charge in [-0.05, 0) is 37.3 Å². The Morgan fingerprint density at radius 2 is 1.95 bits per heavy atom. The van der Waals surface area contributed by atoms with Crippen LogP contribution in [0.15, 0.2) is 42.7 Å². The zero-order valence-electron chi connectivity index (χ0n) is 12.5. The first kappa shape index (κ1) is 16.1. The molecule has 0 spiro atoms. The minimum atomic E-state index is -0.290. The molecular formula is C16H18ClN3O2. The lowest BCUT2D eigenvalue weighted by atomic mass is 10.1. The summed E-state index contributed by atoms with van der Waals surface area (Å²) in [4.78, 5) is 23.8. The fraction of sp³-hybridized carbons (Fsp3) is 0.250. The molecule has 22 heavy (non-hydrogen) atoms. The fourth-order valence-corrected chi connectivity index (χ4v) is 2.34. The summed E-state index contributed by atoms with van der Waals surface area (Å²) in [5.74, 6) is -0.409. The van der Waals surface area contributed by atoms with Gasteiger partial charge in [-0.2, -0.15) is 0 Å². The van der Waals surface area contributed by atoms with E-state index in [1.54, 1.807) is 18.2 Å². The van der Waals surface area contributed by atoms with Gasteiger partial charge in [-0.15, -0.1) is 0 Å². The Morgan fingerprint density at radius 1 is 1.27 bits per heavy atom. The van der Waals surface area contributed by atoms with E-state index in [9.17, 15) is 9.59 Å². The summed E-state index contributed by atoms with van der Waals surface area (Å²) < 4.78 is 1.97. The summed E-state index contributed by atoms with van der Waals surface area (Å²) in [6.07, 6.45) is 4.18. The number of aromatic nitrogens is 1. The van der Waals surface area contributed by atoms with E-state index in [1.807, 2.05) is 36.0 Å². The van der Waals surface area contributed by atoms with Crippen LogP contribution in [0.25, 0.3) is 0 Å². The van der Waals surface area contributed by atoms with Crippen LogP contribution in [0.5, 0.6) is 0 Å². The lowest BCUT2D eigenvalue weighted by Gasteiger charge is -2.14. The van der Waals surface area contributed by atoms with E-state index in [0.29, 0.717) is 22.7 Å². The number of anilines is 1. The minimum Gasteiger partial charge on any atom is -0.355 e. The largest absolute Gasteiger partial charge is 0.355 e. The molecule has 0 unspecified atom stereocenters. The molecule has 0 radical (unpaired) electrons. The Balaban J connectivity index is 2.04. The van der Waals surface area contributed by atoms with Gasteiger partial charge >= 0.3 is 0 Å². The molecule has 1 atom stereocenters. The highest BCUT2D eigenvalue weighted by Crippen LogP contribution is 2.21. The number of hydrogen-bond acceptors (Lipinski definition) is 2. The zero-order valence-corrected chi connectivity index (χ0v) is 13.2. The first-order valence-corrected chi connectivity index (χ1v) is 7.33. The summed E-state index contributed by atoms with van der Waals surface area (Å²) in [5, 5.41) is 5.65. The molecule has 116 valence electrons. The highest BCUT2D eigenvalue weighted by atomic mass is 35.5.